The number of imidazole rings is 1. The van der Waals surface area contributed by atoms with Gasteiger partial charge in [0.25, 0.3) is 0 Å². The van der Waals surface area contributed by atoms with Crippen molar-refractivity contribution in [1.29, 1.82) is 0 Å². The molecule has 1 aliphatic heterocycles. The molecule has 0 unspecified atom stereocenters. The van der Waals surface area contributed by atoms with Gasteiger partial charge in [-0.1, -0.05) is 30.3 Å². The topological polar surface area (TPSA) is 86.2 Å². The summed E-state index contributed by atoms with van der Waals surface area (Å²) in [5.74, 6) is 1.59. The molecule has 3 heterocycles. The first-order chi connectivity index (χ1) is 12.7. The maximum absolute atomic E-state index is 9.52. The summed E-state index contributed by atoms with van der Waals surface area (Å²) < 4.78 is 8.05. The van der Waals surface area contributed by atoms with Gasteiger partial charge in [0.2, 0.25) is 0 Å². The van der Waals surface area contributed by atoms with Crippen LogP contribution in [0.4, 0.5) is 5.82 Å². The summed E-state index contributed by atoms with van der Waals surface area (Å²) in [6.07, 6.45) is 0.787. The molecule has 0 radical (unpaired) electrons. The highest BCUT2D eigenvalue weighted by Crippen LogP contribution is 2.34. The van der Waals surface area contributed by atoms with E-state index in [4.69, 9.17) is 15.5 Å². The number of para-hydroxylation sites is 1. The number of ether oxygens (including phenoxy) is 1. The van der Waals surface area contributed by atoms with E-state index in [2.05, 4.69) is 15.6 Å². The fourth-order valence-corrected chi connectivity index (χ4v) is 3.78. The van der Waals surface area contributed by atoms with Gasteiger partial charge in [0.05, 0.1) is 23.7 Å². The van der Waals surface area contributed by atoms with Gasteiger partial charge in [-0.25, -0.2) is 9.97 Å². The van der Waals surface area contributed by atoms with Gasteiger partial charge in [-0.3, -0.25) is 0 Å². The Balaban J connectivity index is 1.71. The molecular weight excluding hydrogens is 328 g/mol. The molecule has 6 nitrogen and oxygen atoms in total. The summed E-state index contributed by atoms with van der Waals surface area (Å²) in [7, 11) is 0. The maximum atomic E-state index is 9.52. The third kappa shape index (κ3) is 2.30. The number of nitrogens with two attached hydrogens (primary N) is 1. The molecule has 0 saturated heterocycles. The second-order valence-electron chi connectivity index (χ2n) is 6.65. The average Bonchev–Trinajstić information content (AvgIpc) is 3.05. The van der Waals surface area contributed by atoms with Crippen molar-refractivity contribution in [1.82, 2.24) is 14.5 Å². The first kappa shape index (κ1) is 15.2. The van der Waals surface area contributed by atoms with Crippen LogP contribution >= 0.6 is 0 Å². The maximum Gasteiger partial charge on any atom is 0.152 e. The van der Waals surface area contributed by atoms with Crippen LogP contribution in [0.25, 0.3) is 21.9 Å². The van der Waals surface area contributed by atoms with Crippen molar-refractivity contribution in [3.63, 3.8) is 0 Å². The second-order valence-corrected chi connectivity index (χ2v) is 6.65. The molecular formula is C20H18N4O2. The van der Waals surface area contributed by atoms with Crippen LogP contribution < -0.4 is 5.73 Å². The molecule has 0 saturated carbocycles. The zero-order valence-corrected chi connectivity index (χ0v) is 14.1. The predicted molar refractivity (Wildman–Crippen MR) is 100.0 cm³/mol. The normalized spacial score (nSPS) is 16.8. The number of anilines is 1. The molecule has 6 heteroatoms. The van der Waals surface area contributed by atoms with Gasteiger partial charge < -0.3 is 20.1 Å². The Morgan fingerprint density at radius 3 is 2.77 bits per heavy atom. The fourth-order valence-electron chi connectivity index (χ4n) is 3.78. The standard InChI is InChI=1S/C20H18N4O2/c21-20-18-19(15-3-1-2-4-16(15)22-20)24-13(10-26-11-17(24)23-18)9-12-5-7-14(25)8-6-12/h1-8,13,25H,9-11H2,(H2,21,22)/t13-/m0/s1. The van der Waals surface area contributed by atoms with Crippen LogP contribution in [-0.2, 0) is 17.8 Å². The van der Waals surface area contributed by atoms with Gasteiger partial charge in [-0.2, -0.15) is 0 Å². The van der Waals surface area contributed by atoms with Crippen molar-refractivity contribution in [2.75, 3.05) is 12.3 Å². The minimum absolute atomic E-state index is 0.110. The number of hydrogen-bond donors (Lipinski definition) is 2. The molecule has 3 N–H and O–H groups in total. The summed E-state index contributed by atoms with van der Waals surface area (Å²) >= 11 is 0. The van der Waals surface area contributed by atoms with Crippen molar-refractivity contribution >= 4 is 27.8 Å². The average molecular weight is 346 g/mol. The quantitative estimate of drug-likeness (QED) is 0.582. The van der Waals surface area contributed by atoms with E-state index in [1.165, 1.54) is 0 Å². The Labute approximate surface area is 149 Å². The van der Waals surface area contributed by atoms with E-state index in [9.17, 15) is 5.11 Å². The molecule has 0 spiro atoms. The molecule has 0 fully saturated rings. The smallest absolute Gasteiger partial charge is 0.152 e. The van der Waals surface area contributed by atoms with E-state index in [0.29, 0.717) is 19.0 Å². The zero-order chi connectivity index (χ0) is 17.7. The highest BCUT2D eigenvalue weighted by Gasteiger charge is 2.26. The van der Waals surface area contributed by atoms with E-state index < -0.39 is 0 Å². The summed E-state index contributed by atoms with van der Waals surface area (Å²) in [5, 5.41) is 10.6. The minimum atomic E-state index is 0.110. The van der Waals surface area contributed by atoms with Crippen molar-refractivity contribution in [2.45, 2.75) is 19.1 Å². The lowest BCUT2D eigenvalue weighted by molar-refractivity contribution is 0.0567. The number of aromatic hydroxyl groups is 1. The third-order valence-electron chi connectivity index (χ3n) is 4.94. The second kappa shape index (κ2) is 5.71. The first-order valence-corrected chi connectivity index (χ1v) is 8.61. The molecule has 0 amide bonds. The number of rotatable bonds is 2. The van der Waals surface area contributed by atoms with E-state index in [-0.39, 0.29) is 11.8 Å². The van der Waals surface area contributed by atoms with Crippen molar-refractivity contribution < 1.29 is 9.84 Å². The van der Waals surface area contributed by atoms with Crippen LogP contribution in [0.2, 0.25) is 0 Å². The summed E-state index contributed by atoms with van der Waals surface area (Å²) in [5.41, 5.74) is 9.96. The number of pyridine rings is 1. The van der Waals surface area contributed by atoms with Gasteiger partial charge in [0.15, 0.2) is 5.82 Å². The Bertz CT molecular complexity index is 1120. The molecule has 0 bridgehead atoms. The monoisotopic (exact) mass is 346 g/mol. The largest absolute Gasteiger partial charge is 0.508 e. The number of nitrogens with zero attached hydrogens (tertiary/aromatic N) is 3. The SMILES string of the molecule is Nc1nc2ccccc2c2c1nc1n2[C@@H](Cc2ccc(O)cc2)COC1. The molecule has 1 aliphatic rings. The number of nitrogen functional groups attached to an aromatic ring is 1. The number of benzene rings is 2. The van der Waals surface area contributed by atoms with Crippen LogP contribution in [0, 0.1) is 0 Å². The Morgan fingerprint density at radius 1 is 1.12 bits per heavy atom. The summed E-state index contributed by atoms with van der Waals surface area (Å²) in [6.45, 7) is 1.07. The molecule has 0 aliphatic carbocycles. The van der Waals surface area contributed by atoms with Gasteiger partial charge in [0, 0.05) is 5.39 Å². The predicted octanol–water partition coefficient (Wildman–Crippen LogP) is 3.19. The Morgan fingerprint density at radius 2 is 1.92 bits per heavy atom. The summed E-state index contributed by atoms with van der Waals surface area (Å²) in [4.78, 5) is 9.22. The van der Waals surface area contributed by atoms with Crippen molar-refractivity contribution in [3.05, 3.63) is 59.9 Å². The number of aromatic nitrogens is 3. The van der Waals surface area contributed by atoms with Gasteiger partial charge in [-0.05, 0) is 30.2 Å². The molecule has 2 aromatic heterocycles. The molecule has 2 aromatic carbocycles. The number of fused-ring (bicyclic) bond motifs is 5. The Kier molecular flexibility index (Phi) is 3.33. The lowest BCUT2D eigenvalue weighted by Gasteiger charge is -2.26. The van der Waals surface area contributed by atoms with Gasteiger partial charge in [-0.15, -0.1) is 0 Å². The van der Waals surface area contributed by atoms with Crippen molar-refractivity contribution in [3.8, 4) is 5.75 Å². The number of hydrogen-bond acceptors (Lipinski definition) is 5. The van der Waals surface area contributed by atoms with E-state index >= 15 is 0 Å². The highest BCUT2D eigenvalue weighted by atomic mass is 16.5. The molecule has 26 heavy (non-hydrogen) atoms. The number of phenols is 1. The Hall–Kier alpha value is -3.12. The molecule has 130 valence electrons. The van der Waals surface area contributed by atoms with Crippen LogP contribution in [-0.4, -0.2) is 26.2 Å². The van der Waals surface area contributed by atoms with E-state index in [1.807, 2.05) is 30.3 Å². The van der Waals surface area contributed by atoms with Crippen LogP contribution in [0.3, 0.4) is 0 Å². The fraction of sp³-hybridized carbons (Fsp3) is 0.200. The van der Waals surface area contributed by atoms with Gasteiger partial charge >= 0.3 is 0 Å². The molecule has 1 atom stereocenters. The van der Waals surface area contributed by atoms with E-state index in [1.54, 1.807) is 12.1 Å². The molecule has 4 aromatic rings. The van der Waals surface area contributed by atoms with Crippen LogP contribution in [0.15, 0.2) is 48.5 Å². The first-order valence-electron chi connectivity index (χ1n) is 8.61. The van der Waals surface area contributed by atoms with Gasteiger partial charge in [0.1, 0.15) is 23.7 Å². The third-order valence-corrected chi connectivity index (χ3v) is 4.94. The minimum Gasteiger partial charge on any atom is -0.508 e. The van der Waals surface area contributed by atoms with Crippen molar-refractivity contribution in [2.24, 2.45) is 0 Å². The van der Waals surface area contributed by atoms with E-state index in [0.717, 1.165) is 39.7 Å². The lowest BCUT2D eigenvalue weighted by Crippen LogP contribution is -2.25. The van der Waals surface area contributed by atoms with Crippen LogP contribution in [0.5, 0.6) is 5.75 Å². The zero-order valence-electron chi connectivity index (χ0n) is 14.1. The molecule has 5 rings (SSSR count). The van der Waals surface area contributed by atoms with Crippen LogP contribution in [0.1, 0.15) is 17.4 Å². The summed E-state index contributed by atoms with van der Waals surface area (Å²) in [6, 6.07) is 15.4. The number of phenolic OH excluding ortho intramolecular Hbond substituents is 1. The lowest BCUT2D eigenvalue weighted by atomic mass is 10.0. The highest BCUT2D eigenvalue weighted by molar-refractivity contribution is 6.06.